The zero-order valence-electron chi connectivity index (χ0n) is 8.05. The van der Waals surface area contributed by atoms with E-state index in [4.69, 9.17) is 0 Å². The zero-order chi connectivity index (χ0) is 10.3. The molecule has 15 heavy (non-hydrogen) atoms. The van der Waals surface area contributed by atoms with Gasteiger partial charge in [-0.05, 0) is 12.1 Å². The molecule has 0 saturated heterocycles. The van der Waals surface area contributed by atoms with Crippen molar-refractivity contribution in [3.63, 3.8) is 0 Å². The SMILES string of the molecule is O=CC1C=CC=C2N=c3ccccc3=C21. The lowest BCUT2D eigenvalue weighted by Crippen LogP contribution is -2.24. The van der Waals surface area contributed by atoms with Gasteiger partial charge in [0.15, 0.2) is 0 Å². The third-order valence-electron chi connectivity index (χ3n) is 2.76. The first kappa shape index (κ1) is 8.36. The average Bonchev–Trinajstić information content (AvgIpc) is 2.67. The summed E-state index contributed by atoms with van der Waals surface area (Å²) in [6.45, 7) is 0. The minimum atomic E-state index is -0.141. The first-order valence-electron chi connectivity index (χ1n) is 4.92. The van der Waals surface area contributed by atoms with E-state index < -0.39 is 0 Å². The predicted octanol–water partition coefficient (Wildman–Crippen LogP) is 0.739. The van der Waals surface area contributed by atoms with Gasteiger partial charge in [0.05, 0.1) is 17.0 Å². The largest absolute Gasteiger partial charge is 0.302 e. The third kappa shape index (κ3) is 1.11. The highest BCUT2D eigenvalue weighted by atomic mass is 16.1. The van der Waals surface area contributed by atoms with Crippen LogP contribution in [0.4, 0.5) is 0 Å². The number of allylic oxidation sites excluding steroid dienone is 4. The molecule has 0 bridgehead atoms. The van der Waals surface area contributed by atoms with Crippen molar-refractivity contribution < 1.29 is 4.79 Å². The fraction of sp³-hybridized carbons (Fsp3) is 0.0769. The second kappa shape index (κ2) is 3.02. The Morgan fingerprint density at radius 2 is 2.13 bits per heavy atom. The summed E-state index contributed by atoms with van der Waals surface area (Å²) in [5.74, 6) is -0.141. The number of carbonyl (C=O) groups is 1. The smallest absolute Gasteiger partial charge is 0.131 e. The summed E-state index contributed by atoms with van der Waals surface area (Å²) in [5.41, 5.74) is 1.97. The van der Waals surface area contributed by atoms with Crippen molar-refractivity contribution in [2.75, 3.05) is 0 Å². The van der Waals surface area contributed by atoms with Gasteiger partial charge in [-0.15, -0.1) is 0 Å². The van der Waals surface area contributed by atoms with E-state index in [1.165, 1.54) is 0 Å². The van der Waals surface area contributed by atoms with Crippen molar-refractivity contribution in [2.24, 2.45) is 10.9 Å². The normalized spacial score (nSPS) is 21.5. The molecule has 1 unspecified atom stereocenters. The third-order valence-corrected chi connectivity index (χ3v) is 2.76. The van der Waals surface area contributed by atoms with Crippen molar-refractivity contribution in [3.05, 3.63) is 58.8 Å². The molecule has 1 atom stereocenters. The molecular formula is C13H9NO. The molecule has 0 N–H and O–H groups in total. The second-order valence-electron chi connectivity index (χ2n) is 3.64. The fourth-order valence-electron chi connectivity index (χ4n) is 2.08. The average molecular weight is 195 g/mol. The molecule has 1 aliphatic carbocycles. The van der Waals surface area contributed by atoms with Gasteiger partial charge in [0.2, 0.25) is 0 Å². The highest BCUT2D eigenvalue weighted by Crippen LogP contribution is 2.26. The molecule has 0 aromatic heterocycles. The van der Waals surface area contributed by atoms with E-state index in [0.717, 1.165) is 28.1 Å². The number of fused-ring (bicyclic) bond motifs is 2. The van der Waals surface area contributed by atoms with Crippen molar-refractivity contribution in [3.8, 4) is 0 Å². The maximum Gasteiger partial charge on any atom is 0.131 e. The Bertz CT molecular complexity index is 608. The molecule has 3 rings (SSSR count). The van der Waals surface area contributed by atoms with Crippen LogP contribution in [0.2, 0.25) is 0 Å². The van der Waals surface area contributed by atoms with Crippen LogP contribution >= 0.6 is 0 Å². The fourth-order valence-corrected chi connectivity index (χ4v) is 2.08. The number of aldehydes is 1. The number of nitrogens with zero attached hydrogens (tertiary/aromatic N) is 1. The standard InChI is InChI=1S/C13H9NO/c15-8-9-4-3-7-12-13(9)10-5-1-2-6-11(10)14-12/h1-9H. The summed E-state index contributed by atoms with van der Waals surface area (Å²) in [5, 5.41) is 2.06. The van der Waals surface area contributed by atoms with Gasteiger partial charge >= 0.3 is 0 Å². The monoisotopic (exact) mass is 195 g/mol. The van der Waals surface area contributed by atoms with Crippen LogP contribution in [0.15, 0.2) is 53.2 Å². The van der Waals surface area contributed by atoms with Gasteiger partial charge in [0.25, 0.3) is 0 Å². The van der Waals surface area contributed by atoms with Gasteiger partial charge in [-0.3, -0.25) is 0 Å². The van der Waals surface area contributed by atoms with Crippen LogP contribution in [0, 0.1) is 5.92 Å². The van der Waals surface area contributed by atoms with Gasteiger partial charge < -0.3 is 4.79 Å². The quantitative estimate of drug-likeness (QED) is 0.608. The van der Waals surface area contributed by atoms with E-state index >= 15 is 0 Å². The van der Waals surface area contributed by atoms with Crippen molar-refractivity contribution >= 4 is 11.9 Å². The Morgan fingerprint density at radius 3 is 3.00 bits per heavy atom. The highest BCUT2D eigenvalue weighted by Gasteiger charge is 2.21. The lowest BCUT2D eigenvalue weighted by Gasteiger charge is -2.11. The first-order valence-corrected chi connectivity index (χ1v) is 4.92. The Balaban J connectivity index is 2.41. The number of hydrogen-bond acceptors (Lipinski definition) is 2. The van der Waals surface area contributed by atoms with Crippen LogP contribution in [-0.2, 0) is 4.79 Å². The van der Waals surface area contributed by atoms with Crippen LogP contribution in [-0.4, -0.2) is 6.29 Å². The Morgan fingerprint density at radius 1 is 1.27 bits per heavy atom. The molecule has 2 nitrogen and oxygen atoms in total. The van der Waals surface area contributed by atoms with Crippen LogP contribution in [0.25, 0.3) is 5.57 Å². The summed E-state index contributed by atoms with van der Waals surface area (Å²) in [7, 11) is 0. The van der Waals surface area contributed by atoms with Gasteiger partial charge in [0, 0.05) is 10.8 Å². The van der Waals surface area contributed by atoms with Crippen LogP contribution < -0.4 is 10.6 Å². The Hall–Kier alpha value is -1.96. The maximum absolute atomic E-state index is 11.0. The van der Waals surface area contributed by atoms with Crippen molar-refractivity contribution in [1.82, 2.24) is 0 Å². The molecule has 1 aromatic carbocycles. The number of benzene rings is 1. The Labute approximate surface area is 87.0 Å². The minimum absolute atomic E-state index is 0.141. The van der Waals surface area contributed by atoms with Gasteiger partial charge in [-0.1, -0.05) is 30.4 Å². The molecule has 72 valence electrons. The van der Waals surface area contributed by atoms with Gasteiger partial charge in [-0.2, -0.15) is 0 Å². The molecule has 2 heteroatoms. The number of rotatable bonds is 1. The molecule has 0 amide bonds. The molecular weight excluding hydrogens is 186 g/mol. The molecule has 0 spiro atoms. The first-order chi connectivity index (χ1) is 7.40. The van der Waals surface area contributed by atoms with Gasteiger partial charge in [-0.25, -0.2) is 4.99 Å². The topological polar surface area (TPSA) is 29.4 Å². The van der Waals surface area contributed by atoms with E-state index in [1.54, 1.807) is 0 Å². The highest BCUT2D eigenvalue weighted by molar-refractivity contribution is 5.84. The molecule has 2 aliphatic rings. The number of hydrogen-bond donors (Lipinski definition) is 0. The summed E-state index contributed by atoms with van der Waals surface area (Å²) < 4.78 is 0. The Kier molecular flexibility index (Phi) is 1.68. The number of carbonyl (C=O) groups excluding carboxylic acids is 1. The summed E-state index contributed by atoms with van der Waals surface area (Å²) in [6.07, 6.45) is 6.72. The lowest BCUT2D eigenvalue weighted by molar-refractivity contribution is -0.108. The predicted molar refractivity (Wildman–Crippen MR) is 57.4 cm³/mol. The summed E-state index contributed by atoms with van der Waals surface area (Å²) in [6, 6.07) is 7.93. The van der Waals surface area contributed by atoms with E-state index in [0.29, 0.717) is 0 Å². The maximum atomic E-state index is 11.0. The van der Waals surface area contributed by atoms with E-state index in [-0.39, 0.29) is 5.92 Å². The summed E-state index contributed by atoms with van der Waals surface area (Å²) >= 11 is 0. The molecule has 1 heterocycles. The molecule has 0 radical (unpaired) electrons. The molecule has 0 saturated carbocycles. The summed E-state index contributed by atoms with van der Waals surface area (Å²) in [4.78, 5) is 15.5. The van der Waals surface area contributed by atoms with Crippen LogP contribution in [0.1, 0.15) is 0 Å². The van der Waals surface area contributed by atoms with E-state index in [1.807, 2.05) is 42.5 Å². The second-order valence-corrected chi connectivity index (χ2v) is 3.64. The molecule has 1 aromatic rings. The van der Waals surface area contributed by atoms with Crippen molar-refractivity contribution in [1.29, 1.82) is 0 Å². The van der Waals surface area contributed by atoms with Crippen molar-refractivity contribution in [2.45, 2.75) is 0 Å². The van der Waals surface area contributed by atoms with Crippen LogP contribution in [0.3, 0.4) is 0 Å². The number of para-hydroxylation sites is 1. The van der Waals surface area contributed by atoms with E-state index in [2.05, 4.69) is 4.99 Å². The van der Waals surface area contributed by atoms with Crippen LogP contribution in [0.5, 0.6) is 0 Å². The zero-order valence-corrected chi connectivity index (χ0v) is 8.05. The minimum Gasteiger partial charge on any atom is -0.302 e. The van der Waals surface area contributed by atoms with E-state index in [9.17, 15) is 4.79 Å². The molecule has 1 aliphatic heterocycles. The lowest BCUT2D eigenvalue weighted by atomic mass is 9.92. The van der Waals surface area contributed by atoms with Gasteiger partial charge in [0.1, 0.15) is 6.29 Å². The molecule has 0 fully saturated rings.